The van der Waals surface area contributed by atoms with E-state index in [2.05, 4.69) is 26.9 Å². The van der Waals surface area contributed by atoms with Crippen LogP contribution in [0.25, 0.3) is 0 Å². The molecule has 1 N–H and O–H groups in total. The lowest BCUT2D eigenvalue weighted by atomic mass is 10.1. The van der Waals surface area contributed by atoms with Crippen molar-refractivity contribution in [1.29, 1.82) is 5.26 Å². The summed E-state index contributed by atoms with van der Waals surface area (Å²) in [6, 6.07) is 7.97. The first-order valence-electron chi connectivity index (χ1n) is 5.85. The van der Waals surface area contributed by atoms with Crippen LogP contribution < -0.4 is 4.90 Å². The smallest absolute Gasteiger partial charge is 0.161 e. The number of rotatable bonds is 2. The van der Waals surface area contributed by atoms with Crippen LogP contribution in [-0.2, 0) is 4.74 Å². The molecule has 2 rings (SSSR count). The van der Waals surface area contributed by atoms with E-state index in [1.807, 2.05) is 18.2 Å². The number of halogens is 1. The third kappa shape index (κ3) is 2.83. The molecule has 1 aliphatic heterocycles. The maximum absolute atomic E-state index is 9.58. The molecule has 5 heteroatoms. The highest BCUT2D eigenvalue weighted by atomic mass is 79.9. The van der Waals surface area contributed by atoms with Crippen molar-refractivity contribution in [1.82, 2.24) is 0 Å². The second-order valence-electron chi connectivity index (χ2n) is 4.32. The van der Waals surface area contributed by atoms with Gasteiger partial charge in [0, 0.05) is 16.7 Å². The predicted octanol–water partition coefficient (Wildman–Crippen LogP) is 2.23. The Bertz CT molecular complexity index is 471. The fourth-order valence-electron chi connectivity index (χ4n) is 2.01. The molecule has 0 saturated carbocycles. The van der Waals surface area contributed by atoms with E-state index in [1.165, 1.54) is 0 Å². The van der Waals surface area contributed by atoms with Crippen molar-refractivity contribution in [2.45, 2.75) is 19.1 Å². The molecule has 1 aliphatic rings. The van der Waals surface area contributed by atoms with Gasteiger partial charge in [-0.25, -0.2) is 0 Å². The van der Waals surface area contributed by atoms with Gasteiger partial charge in [-0.05, 0) is 24.6 Å². The number of hydrogen-bond donors (Lipinski definition) is 1. The third-order valence-electron chi connectivity index (χ3n) is 3.01. The van der Waals surface area contributed by atoms with Crippen LogP contribution in [-0.4, -0.2) is 30.9 Å². The van der Waals surface area contributed by atoms with Crippen molar-refractivity contribution in [3.63, 3.8) is 0 Å². The number of anilines is 1. The molecule has 1 aromatic rings. The first-order valence-corrected chi connectivity index (χ1v) is 6.65. The first-order chi connectivity index (χ1) is 8.61. The molecule has 0 amide bonds. The Balaban J connectivity index is 2.19. The van der Waals surface area contributed by atoms with Gasteiger partial charge in [0.2, 0.25) is 0 Å². The highest BCUT2D eigenvalue weighted by molar-refractivity contribution is 9.10. The zero-order valence-corrected chi connectivity index (χ0v) is 11.7. The minimum atomic E-state index is -0.495. The van der Waals surface area contributed by atoms with Gasteiger partial charge >= 0.3 is 0 Å². The number of aliphatic hydroxyl groups is 1. The molecule has 0 radical (unpaired) electrons. The van der Waals surface area contributed by atoms with E-state index < -0.39 is 6.10 Å². The van der Waals surface area contributed by atoms with Crippen LogP contribution in [0.2, 0.25) is 0 Å². The minimum Gasteiger partial charge on any atom is -0.389 e. The molecule has 0 bridgehead atoms. The largest absolute Gasteiger partial charge is 0.389 e. The second kappa shape index (κ2) is 5.70. The second-order valence-corrected chi connectivity index (χ2v) is 5.17. The number of nitriles is 1. The SMILES string of the molecule is C[C@@H](O)c1ccc(N2CCOC(C#N)C2)cc1Br. The summed E-state index contributed by atoms with van der Waals surface area (Å²) in [5.74, 6) is 0. The van der Waals surface area contributed by atoms with Gasteiger partial charge in [-0.1, -0.05) is 22.0 Å². The molecule has 0 aliphatic carbocycles. The molecule has 1 saturated heterocycles. The van der Waals surface area contributed by atoms with E-state index in [9.17, 15) is 5.11 Å². The van der Waals surface area contributed by atoms with Crippen molar-refractivity contribution >= 4 is 21.6 Å². The third-order valence-corrected chi connectivity index (χ3v) is 3.70. The molecule has 2 atom stereocenters. The van der Waals surface area contributed by atoms with Gasteiger partial charge in [0.1, 0.15) is 0 Å². The summed E-state index contributed by atoms with van der Waals surface area (Å²) in [6.07, 6.45) is -0.862. The lowest BCUT2D eigenvalue weighted by molar-refractivity contribution is 0.0764. The van der Waals surface area contributed by atoms with Gasteiger partial charge < -0.3 is 14.7 Å². The zero-order chi connectivity index (χ0) is 13.1. The van der Waals surface area contributed by atoms with Crippen molar-refractivity contribution in [2.24, 2.45) is 0 Å². The fraction of sp³-hybridized carbons (Fsp3) is 0.462. The van der Waals surface area contributed by atoms with Crippen molar-refractivity contribution in [2.75, 3.05) is 24.6 Å². The van der Waals surface area contributed by atoms with Gasteiger partial charge in [-0.2, -0.15) is 5.26 Å². The molecular formula is C13H15BrN2O2. The quantitative estimate of drug-likeness (QED) is 0.910. The van der Waals surface area contributed by atoms with Gasteiger partial charge in [-0.3, -0.25) is 0 Å². The maximum Gasteiger partial charge on any atom is 0.161 e. The van der Waals surface area contributed by atoms with Crippen molar-refractivity contribution in [3.05, 3.63) is 28.2 Å². The molecule has 1 heterocycles. The Morgan fingerprint density at radius 2 is 2.39 bits per heavy atom. The topological polar surface area (TPSA) is 56.5 Å². The molecule has 1 fully saturated rings. The van der Waals surface area contributed by atoms with E-state index in [4.69, 9.17) is 10.00 Å². The monoisotopic (exact) mass is 310 g/mol. The number of nitrogens with zero attached hydrogens (tertiary/aromatic N) is 2. The number of benzene rings is 1. The zero-order valence-electron chi connectivity index (χ0n) is 10.1. The fourth-order valence-corrected chi connectivity index (χ4v) is 2.71. The lowest BCUT2D eigenvalue weighted by Gasteiger charge is -2.32. The Hall–Kier alpha value is -1.09. The molecule has 4 nitrogen and oxygen atoms in total. The number of morpholine rings is 1. The van der Waals surface area contributed by atoms with Crippen LogP contribution in [0.1, 0.15) is 18.6 Å². The summed E-state index contributed by atoms with van der Waals surface area (Å²) in [7, 11) is 0. The Morgan fingerprint density at radius 1 is 1.61 bits per heavy atom. The summed E-state index contributed by atoms with van der Waals surface area (Å²) in [4.78, 5) is 2.12. The normalized spacial score (nSPS) is 21.4. The van der Waals surface area contributed by atoms with Crippen molar-refractivity contribution in [3.8, 4) is 6.07 Å². The highest BCUT2D eigenvalue weighted by Crippen LogP contribution is 2.29. The molecule has 18 heavy (non-hydrogen) atoms. The minimum absolute atomic E-state index is 0.367. The Kier molecular flexibility index (Phi) is 4.23. The number of aliphatic hydroxyl groups excluding tert-OH is 1. The van der Waals surface area contributed by atoms with E-state index in [1.54, 1.807) is 6.92 Å². The van der Waals surface area contributed by atoms with Crippen molar-refractivity contribution < 1.29 is 9.84 Å². The van der Waals surface area contributed by atoms with Crippen LogP contribution in [0.15, 0.2) is 22.7 Å². The number of ether oxygens (including phenoxy) is 1. The molecule has 1 aromatic carbocycles. The van der Waals surface area contributed by atoms with E-state index in [0.29, 0.717) is 13.2 Å². The first kappa shape index (κ1) is 13.3. The van der Waals surface area contributed by atoms with Gasteiger partial charge in [0.05, 0.1) is 25.3 Å². The van der Waals surface area contributed by atoms with Gasteiger partial charge in [-0.15, -0.1) is 0 Å². The molecular weight excluding hydrogens is 296 g/mol. The average molecular weight is 311 g/mol. The summed E-state index contributed by atoms with van der Waals surface area (Å²) < 4.78 is 6.20. The summed E-state index contributed by atoms with van der Waals surface area (Å²) in [6.45, 7) is 3.66. The van der Waals surface area contributed by atoms with Crippen LogP contribution in [0.4, 0.5) is 5.69 Å². The summed E-state index contributed by atoms with van der Waals surface area (Å²) in [5.41, 5.74) is 1.90. The summed E-state index contributed by atoms with van der Waals surface area (Å²) in [5, 5.41) is 18.5. The maximum atomic E-state index is 9.58. The molecule has 0 aromatic heterocycles. The highest BCUT2D eigenvalue weighted by Gasteiger charge is 2.20. The van der Waals surface area contributed by atoms with Gasteiger partial charge in [0.15, 0.2) is 6.10 Å². The molecule has 96 valence electrons. The van der Waals surface area contributed by atoms with Crippen LogP contribution in [0, 0.1) is 11.3 Å². The van der Waals surface area contributed by atoms with Crippen LogP contribution in [0.3, 0.4) is 0 Å². The lowest BCUT2D eigenvalue weighted by Crippen LogP contribution is -2.41. The predicted molar refractivity (Wildman–Crippen MR) is 72.3 cm³/mol. The van der Waals surface area contributed by atoms with Crippen LogP contribution in [0.5, 0.6) is 0 Å². The Morgan fingerprint density at radius 3 is 3.00 bits per heavy atom. The van der Waals surface area contributed by atoms with E-state index in [-0.39, 0.29) is 6.10 Å². The average Bonchev–Trinajstić information content (AvgIpc) is 2.38. The van der Waals surface area contributed by atoms with E-state index >= 15 is 0 Å². The van der Waals surface area contributed by atoms with E-state index in [0.717, 1.165) is 22.3 Å². The van der Waals surface area contributed by atoms with Crippen LogP contribution >= 0.6 is 15.9 Å². The number of hydrogen-bond acceptors (Lipinski definition) is 4. The van der Waals surface area contributed by atoms with Gasteiger partial charge in [0.25, 0.3) is 0 Å². The molecule has 0 spiro atoms. The Labute approximate surface area is 115 Å². The standard InChI is InChI=1S/C13H15BrN2O2/c1-9(17)12-3-2-10(6-13(12)14)16-4-5-18-11(7-15)8-16/h2-3,6,9,11,17H,4-5,8H2,1H3/t9-,11?/m1/s1. The summed E-state index contributed by atoms with van der Waals surface area (Å²) >= 11 is 3.46. The molecule has 1 unspecified atom stereocenters.